The van der Waals surface area contributed by atoms with Crippen LogP contribution in [-0.4, -0.2) is 56.5 Å². The first kappa shape index (κ1) is 32.5. The van der Waals surface area contributed by atoms with Crippen LogP contribution in [0.1, 0.15) is 25.1 Å². The Morgan fingerprint density at radius 2 is 2.00 bits per heavy atom. The third-order valence-electron chi connectivity index (χ3n) is 4.85. The molecule has 1 aliphatic heterocycles. The number of rotatable bonds is 12. The van der Waals surface area contributed by atoms with Crippen molar-refractivity contribution in [2.75, 3.05) is 25.1 Å². The van der Waals surface area contributed by atoms with Crippen LogP contribution in [0.25, 0.3) is 11.0 Å². The molecule has 0 spiro atoms. The lowest BCUT2D eigenvalue weighted by Gasteiger charge is -2.33. The van der Waals surface area contributed by atoms with Crippen LogP contribution >= 0.6 is 45.1 Å². The number of nitrogens with zero attached hydrogens (tertiary/aromatic N) is 3. The molecule has 3 heterocycles. The topological polar surface area (TPSA) is 270 Å². The van der Waals surface area contributed by atoms with Gasteiger partial charge in [-0.2, -0.15) is 0 Å². The minimum Gasteiger partial charge on any atom is -0.756 e. The molecule has 218 valence electrons. The van der Waals surface area contributed by atoms with Gasteiger partial charge in [-0.15, -0.1) is 0 Å². The average molecular weight is 646 g/mol. The van der Waals surface area contributed by atoms with E-state index in [0.717, 1.165) is 0 Å². The summed E-state index contributed by atoms with van der Waals surface area (Å²) >= 11 is 0. The number of phosphoric acid groups is 3. The summed E-state index contributed by atoms with van der Waals surface area (Å²) in [7, 11) is -14.8. The zero-order valence-electron chi connectivity index (χ0n) is 20.2. The van der Waals surface area contributed by atoms with Gasteiger partial charge in [0.1, 0.15) is 35.6 Å². The standard InChI is InChI=1S/C17H26N5O12P3S2/c1-10(39-38-2)31-12-6-14(22-7-11(4-3-5-18)15-16(19)20-9-21-17(15)22)32-13(12)8-30-36(26,27)34-37(28,29)33-35(23,24)25/h7,9-10,12-14H,5-6,8,18H2,1-2H3,(H,26,27)(H,28,29)(H2,19,20,21)(H2,23,24,25)/p-3/t10-,12-,13-,14-/m1/s1. The van der Waals surface area contributed by atoms with Crippen molar-refractivity contribution in [1.29, 1.82) is 0 Å². The Kier molecular flexibility index (Phi) is 11.1. The number of nitrogens with two attached hydrogens (primary N) is 2. The van der Waals surface area contributed by atoms with E-state index in [1.165, 1.54) is 27.9 Å². The first-order valence-corrected chi connectivity index (χ1v) is 17.7. The first-order chi connectivity index (χ1) is 18.1. The molecule has 0 amide bonds. The Morgan fingerprint density at radius 3 is 2.64 bits per heavy atom. The first-order valence-electron chi connectivity index (χ1n) is 10.7. The van der Waals surface area contributed by atoms with Crippen molar-refractivity contribution < 1.29 is 55.9 Å². The number of fused-ring (bicyclic) bond motifs is 1. The molecule has 7 atom stereocenters. The van der Waals surface area contributed by atoms with Crippen LogP contribution in [0.3, 0.4) is 0 Å². The van der Waals surface area contributed by atoms with E-state index in [4.69, 9.17) is 25.8 Å². The molecule has 39 heavy (non-hydrogen) atoms. The fourth-order valence-corrected chi connectivity index (χ4v) is 7.89. The molecule has 2 aromatic heterocycles. The van der Waals surface area contributed by atoms with E-state index in [0.29, 0.717) is 16.6 Å². The number of hydrogen-bond donors (Lipinski definition) is 3. The molecule has 0 radical (unpaired) electrons. The second kappa shape index (κ2) is 13.3. The van der Waals surface area contributed by atoms with E-state index in [1.807, 2.05) is 6.26 Å². The molecular formula is C17H23N5O12P3S2-3. The molecule has 0 aliphatic carbocycles. The van der Waals surface area contributed by atoms with Crippen LogP contribution in [0.2, 0.25) is 0 Å². The van der Waals surface area contributed by atoms with E-state index >= 15 is 0 Å². The van der Waals surface area contributed by atoms with E-state index in [9.17, 15) is 28.4 Å². The molecule has 22 heteroatoms. The van der Waals surface area contributed by atoms with Crippen LogP contribution in [0, 0.1) is 11.8 Å². The summed E-state index contributed by atoms with van der Waals surface area (Å²) in [6, 6.07) is 0. The van der Waals surface area contributed by atoms with Gasteiger partial charge in [-0.25, -0.2) is 18.6 Å². The number of anilines is 1. The van der Waals surface area contributed by atoms with E-state index in [-0.39, 0.29) is 24.2 Å². The van der Waals surface area contributed by atoms with Crippen molar-refractivity contribution in [2.45, 2.75) is 37.2 Å². The highest BCUT2D eigenvalue weighted by Crippen LogP contribution is 2.61. The maximum absolute atomic E-state index is 12.1. The molecular weight excluding hydrogens is 623 g/mol. The molecule has 1 fully saturated rings. The lowest BCUT2D eigenvalue weighted by molar-refractivity contribution is -0.250. The van der Waals surface area contributed by atoms with Gasteiger partial charge in [0.05, 0.1) is 30.2 Å². The summed E-state index contributed by atoms with van der Waals surface area (Å²) in [4.78, 5) is 51.0. The van der Waals surface area contributed by atoms with Gasteiger partial charge in [0.15, 0.2) is 0 Å². The Labute approximate surface area is 230 Å². The molecule has 17 nitrogen and oxygen atoms in total. The van der Waals surface area contributed by atoms with Crippen molar-refractivity contribution in [3.05, 3.63) is 18.1 Å². The average Bonchev–Trinajstić information content (AvgIpc) is 3.36. The second-order valence-corrected chi connectivity index (χ2v) is 14.7. The summed E-state index contributed by atoms with van der Waals surface area (Å²) in [5, 5.41) is 0.453. The van der Waals surface area contributed by atoms with Gasteiger partial charge >= 0.3 is 0 Å². The smallest absolute Gasteiger partial charge is 0.280 e. The number of hydrogen-bond acceptors (Lipinski definition) is 17. The number of aromatic nitrogens is 3. The van der Waals surface area contributed by atoms with Crippen LogP contribution in [0.4, 0.5) is 5.82 Å². The molecule has 3 rings (SSSR count). The SMILES string of the molecule is CSS[C@H](C)O[C@@H]1C[C@H](n2cc(C#CCN)c3c(N)ncnc32)O[C@@H]1COP(=O)([O-])OP(=O)([O-])OP(=O)([O-])O. The fourth-order valence-electron chi connectivity index (χ4n) is 3.59. The minimum absolute atomic E-state index is 0.0871. The lowest BCUT2D eigenvalue weighted by atomic mass is 10.2. The van der Waals surface area contributed by atoms with Crippen LogP contribution in [0.5, 0.6) is 0 Å². The monoisotopic (exact) mass is 646 g/mol. The van der Waals surface area contributed by atoms with Crippen molar-refractivity contribution >= 4 is 61.9 Å². The van der Waals surface area contributed by atoms with Crippen LogP contribution in [-0.2, 0) is 36.3 Å². The molecule has 3 unspecified atom stereocenters. The van der Waals surface area contributed by atoms with Crippen molar-refractivity contribution in [1.82, 2.24) is 14.5 Å². The summed E-state index contributed by atoms with van der Waals surface area (Å²) in [5.41, 5.74) is 12.0. The predicted octanol–water partition coefficient (Wildman–Crippen LogP) is -0.199. The zero-order valence-corrected chi connectivity index (χ0v) is 24.5. The maximum Gasteiger partial charge on any atom is 0.280 e. The molecule has 0 saturated carbocycles. The van der Waals surface area contributed by atoms with Gasteiger partial charge in [-0.05, 0) is 13.2 Å². The number of phosphoric ester groups is 1. The van der Waals surface area contributed by atoms with Gasteiger partial charge in [0.25, 0.3) is 23.5 Å². The van der Waals surface area contributed by atoms with Crippen LogP contribution in [0.15, 0.2) is 12.5 Å². The highest BCUT2D eigenvalue weighted by molar-refractivity contribution is 8.76. The van der Waals surface area contributed by atoms with Gasteiger partial charge in [0, 0.05) is 12.6 Å². The zero-order chi connectivity index (χ0) is 29.0. The predicted molar refractivity (Wildman–Crippen MR) is 135 cm³/mol. The summed E-state index contributed by atoms with van der Waals surface area (Å²) in [6.07, 6.45) is 2.22. The van der Waals surface area contributed by atoms with Crippen LogP contribution < -0.4 is 26.1 Å². The molecule has 2 aromatic rings. The largest absolute Gasteiger partial charge is 0.756 e. The molecule has 0 bridgehead atoms. The Hall–Kier alpha value is -1.03. The Balaban J connectivity index is 1.85. The third-order valence-corrected chi connectivity index (χ3v) is 10.5. The van der Waals surface area contributed by atoms with E-state index in [2.05, 4.69) is 35.0 Å². The van der Waals surface area contributed by atoms with E-state index in [1.54, 1.807) is 17.7 Å². The van der Waals surface area contributed by atoms with Crippen molar-refractivity contribution in [3.63, 3.8) is 0 Å². The Morgan fingerprint density at radius 1 is 1.28 bits per heavy atom. The fraction of sp³-hybridized carbons (Fsp3) is 0.529. The van der Waals surface area contributed by atoms with Gasteiger partial charge in [-0.1, -0.05) is 33.4 Å². The highest BCUT2D eigenvalue weighted by Gasteiger charge is 2.40. The van der Waals surface area contributed by atoms with Crippen molar-refractivity contribution in [2.24, 2.45) is 5.73 Å². The normalized spacial score (nSPS) is 24.8. The van der Waals surface area contributed by atoms with Crippen molar-refractivity contribution in [3.8, 4) is 11.8 Å². The molecule has 0 aromatic carbocycles. The quantitative estimate of drug-likeness (QED) is 0.117. The summed E-state index contributed by atoms with van der Waals surface area (Å²) in [6.45, 7) is 1.06. The number of ether oxygens (including phenoxy) is 2. The second-order valence-electron chi connectivity index (χ2n) is 7.61. The lowest BCUT2D eigenvalue weighted by Crippen LogP contribution is -2.31. The summed E-state index contributed by atoms with van der Waals surface area (Å²) in [5.74, 6) is 5.78. The van der Waals surface area contributed by atoms with Gasteiger partial charge in [0.2, 0.25) is 0 Å². The summed E-state index contributed by atoms with van der Waals surface area (Å²) < 4.78 is 59.4. The highest BCUT2D eigenvalue weighted by atomic mass is 33.1. The molecule has 5 N–H and O–H groups in total. The van der Waals surface area contributed by atoms with Gasteiger partial charge in [-0.3, -0.25) is 13.7 Å². The van der Waals surface area contributed by atoms with E-state index < -0.39 is 48.5 Å². The Bertz CT molecular complexity index is 1380. The molecule has 1 aliphatic rings. The minimum atomic E-state index is -6.05. The van der Waals surface area contributed by atoms with Gasteiger partial charge < -0.3 is 49.6 Å². The third kappa shape index (κ3) is 9.23. The maximum atomic E-state index is 12.1. The molecule has 1 saturated heterocycles. The number of nitrogen functional groups attached to an aromatic ring is 1.